The molecule has 4 heteroatoms. The molecule has 26 heavy (non-hydrogen) atoms. The number of esters is 1. The minimum Gasteiger partial charge on any atom is -0.444 e. The molecule has 2 N–H and O–H groups in total. The van der Waals surface area contributed by atoms with Crippen molar-refractivity contribution in [3.05, 3.63) is 60.2 Å². The fourth-order valence-electron chi connectivity index (χ4n) is 2.84. The number of Topliss-reactive ketones (excluding diaryl/α,β-unsaturated/α-hetero) is 1. The Kier molecular flexibility index (Phi) is 7.10. The van der Waals surface area contributed by atoms with Crippen molar-refractivity contribution >= 4 is 11.8 Å². The molecule has 0 aromatic heterocycles. The molecule has 2 aromatic carbocycles. The summed E-state index contributed by atoms with van der Waals surface area (Å²) < 4.78 is 5.38. The first-order chi connectivity index (χ1) is 12.5. The Hall–Kier alpha value is -2.46. The Morgan fingerprint density at radius 2 is 1.54 bits per heavy atom. The lowest BCUT2D eigenvalue weighted by Gasteiger charge is -2.27. The van der Waals surface area contributed by atoms with E-state index in [9.17, 15) is 9.59 Å². The standard InChI is InChI=1S/C22H27NO3/c1-3-16-22(23,4-2)26-21(25)15-14-20(24)19-12-10-18(11-13-19)17-8-6-5-7-9-17/h5-13H,3-4,14-16,23H2,1-2H3. The van der Waals surface area contributed by atoms with Gasteiger partial charge in [-0.1, -0.05) is 74.9 Å². The first kappa shape index (κ1) is 19.9. The molecule has 4 nitrogen and oxygen atoms in total. The van der Waals surface area contributed by atoms with Gasteiger partial charge in [-0.15, -0.1) is 0 Å². The summed E-state index contributed by atoms with van der Waals surface area (Å²) in [6.07, 6.45) is 2.17. The highest BCUT2D eigenvalue weighted by atomic mass is 16.6. The number of ether oxygens (including phenoxy) is 1. The Labute approximate surface area is 155 Å². The molecule has 0 radical (unpaired) electrons. The van der Waals surface area contributed by atoms with Crippen LogP contribution in [0.2, 0.25) is 0 Å². The van der Waals surface area contributed by atoms with Crippen LogP contribution in [0, 0.1) is 0 Å². The van der Waals surface area contributed by atoms with Gasteiger partial charge in [0, 0.05) is 18.4 Å². The van der Waals surface area contributed by atoms with E-state index in [1.54, 1.807) is 12.1 Å². The SMILES string of the molecule is CCCC(N)(CC)OC(=O)CCC(=O)c1ccc(-c2ccccc2)cc1. The fraction of sp³-hybridized carbons (Fsp3) is 0.364. The molecule has 0 heterocycles. The van der Waals surface area contributed by atoms with Crippen LogP contribution in [0.3, 0.4) is 0 Å². The molecule has 1 atom stereocenters. The molecule has 0 aliphatic heterocycles. The van der Waals surface area contributed by atoms with E-state index in [1.807, 2.05) is 56.3 Å². The number of ketones is 1. The third-order valence-electron chi connectivity index (χ3n) is 4.46. The first-order valence-electron chi connectivity index (χ1n) is 9.17. The summed E-state index contributed by atoms with van der Waals surface area (Å²) in [7, 11) is 0. The van der Waals surface area contributed by atoms with Crippen molar-refractivity contribution in [3.8, 4) is 11.1 Å². The van der Waals surface area contributed by atoms with Crippen molar-refractivity contribution in [3.63, 3.8) is 0 Å². The monoisotopic (exact) mass is 353 g/mol. The van der Waals surface area contributed by atoms with E-state index in [1.165, 1.54) is 0 Å². The van der Waals surface area contributed by atoms with Gasteiger partial charge in [-0.2, -0.15) is 0 Å². The van der Waals surface area contributed by atoms with Crippen molar-refractivity contribution in [1.82, 2.24) is 0 Å². The third kappa shape index (κ3) is 5.53. The quantitative estimate of drug-likeness (QED) is 0.402. The summed E-state index contributed by atoms with van der Waals surface area (Å²) in [6.45, 7) is 3.89. The summed E-state index contributed by atoms with van der Waals surface area (Å²) in [6, 6.07) is 17.4. The number of hydrogen-bond acceptors (Lipinski definition) is 4. The van der Waals surface area contributed by atoms with Gasteiger partial charge in [0.25, 0.3) is 0 Å². The minimum absolute atomic E-state index is 0.0436. The molecule has 0 aliphatic rings. The highest BCUT2D eigenvalue weighted by molar-refractivity contribution is 5.97. The Morgan fingerprint density at radius 1 is 0.923 bits per heavy atom. The zero-order valence-electron chi connectivity index (χ0n) is 15.5. The molecule has 0 saturated heterocycles. The van der Waals surface area contributed by atoms with Crippen molar-refractivity contribution < 1.29 is 14.3 Å². The fourth-order valence-corrected chi connectivity index (χ4v) is 2.84. The van der Waals surface area contributed by atoms with Crippen LogP contribution in [0.1, 0.15) is 56.3 Å². The molecular weight excluding hydrogens is 326 g/mol. The largest absolute Gasteiger partial charge is 0.444 e. The third-order valence-corrected chi connectivity index (χ3v) is 4.46. The van der Waals surface area contributed by atoms with E-state index in [0.717, 1.165) is 17.5 Å². The van der Waals surface area contributed by atoms with Crippen LogP contribution >= 0.6 is 0 Å². The zero-order valence-corrected chi connectivity index (χ0v) is 15.5. The lowest BCUT2D eigenvalue weighted by Crippen LogP contribution is -2.43. The predicted molar refractivity (Wildman–Crippen MR) is 104 cm³/mol. The second-order valence-corrected chi connectivity index (χ2v) is 6.51. The number of rotatable bonds is 9. The zero-order chi connectivity index (χ0) is 19.0. The molecule has 0 saturated carbocycles. The Bertz CT molecular complexity index is 725. The Morgan fingerprint density at radius 3 is 2.12 bits per heavy atom. The molecule has 0 bridgehead atoms. The highest BCUT2D eigenvalue weighted by Gasteiger charge is 2.26. The van der Waals surface area contributed by atoms with Gasteiger partial charge in [-0.25, -0.2) is 0 Å². The van der Waals surface area contributed by atoms with E-state index < -0.39 is 11.7 Å². The topological polar surface area (TPSA) is 69.4 Å². The van der Waals surface area contributed by atoms with Gasteiger partial charge >= 0.3 is 5.97 Å². The van der Waals surface area contributed by atoms with E-state index in [-0.39, 0.29) is 18.6 Å². The van der Waals surface area contributed by atoms with Gasteiger partial charge in [0.15, 0.2) is 11.5 Å². The summed E-state index contributed by atoms with van der Waals surface area (Å²) in [5, 5.41) is 0. The minimum atomic E-state index is -0.924. The van der Waals surface area contributed by atoms with Gasteiger partial charge in [0.2, 0.25) is 0 Å². The molecular formula is C22H27NO3. The average Bonchev–Trinajstić information content (AvgIpc) is 2.67. The maximum atomic E-state index is 12.3. The smallest absolute Gasteiger partial charge is 0.308 e. The lowest BCUT2D eigenvalue weighted by atomic mass is 10.0. The number of benzene rings is 2. The molecule has 0 aliphatic carbocycles. The molecule has 2 rings (SSSR count). The average molecular weight is 353 g/mol. The van der Waals surface area contributed by atoms with Crippen LogP contribution in [0.25, 0.3) is 11.1 Å². The number of nitrogens with two attached hydrogens (primary N) is 1. The van der Waals surface area contributed by atoms with Gasteiger partial charge in [0.1, 0.15) is 0 Å². The van der Waals surface area contributed by atoms with Gasteiger partial charge in [-0.3, -0.25) is 15.3 Å². The number of hydrogen-bond donors (Lipinski definition) is 1. The van der Waals surface area contributed by atoms with Crippen molar-refractivity contribution in [1.29, 1.82) is 0 Å². The summed E-state index contributed by atoms with van der Waals surface area (Å²) in [5.74, 6) is -0.492. The van der Waals surface area contributed by atoms with Crippen LogP contribution in [0.4, 0.5) is 0 Å². The number of carbonyl (C=O) groups excluding carboxylic acids is 2. The maximum absolute atomic E-state index is 12.3. The number of carbonyl (C=O) groups is 2. The van der Waals surface area contributed by atoms with Crippen molar-refractivity contribution in [2.75, 3.05) is 0 Å². The van der Waals surface area contributed by atoms with E-state index in [2.05, 4.69) is 0 Å². The van der Waals surface area contributed by atoms with Gasteiger partial charge in [-0.05, 0) is 17.5 Å². The molecule has 2 aromatic rings. The van der Waals surface area contributed by atoms with Gasteiger partial charge in [0.05, 0.1) is 6.42 Å². The molecule has 138 valence electrons. The van der Waals surface area contributed by atoms with E-state index >= 15 is 0 Å². The second-order valence-electron chi connectivity index (χ2n) is 6.51. The van der Waals surface area contributed by atoms with E-state index in [4.69, 9.17) is 10.5 Å². The van der Waals surface area contributed by atoms with E-state index in [0.29, 0.717) is 18.4 Å². The maximum Gasteiger partial charge on any atom is 0.308 e. The van der Waals surface area contributed by atoms with Crippen LogP contribution in [0.5, 0.6) is 0 Å². The normalized spacial score (nSPS) is 13.0. The summed E-state index contributed by atoms with van der Waals surface area (Å²) in [5.41, 5.74) is 7.90. The van der Waals surface area contributed by atoms with Crippen molar-refractivity contribution in [2.45, 2.75) is 51.7 Å². The molecule has 0 spiro atoms. The highest BCUT2D eigenvalue weighted by Crippen LogP contribution is 2.21. The first-order valence-corrected chi connectivity index (χ1v) is 9.17. The lowest BCUT2D eigenvalue weighted by molar-refractivity contribution is -0.160. The predicted octanol–water partition coefficient (Wildman–Crippen LogP) is 4.72. The Balaban J connectivity index is 1.91. The van der Waals surface area contributed by atoms with Crippen LogP contribution in [0.15, 0.2) is 54.6 Å². The summed E-state index contributed by atoms with van der Waals surface area (Å²) in [4.78, 5) is 24.3. The van der Waals surface area contributed by atoms with Crippen LogP contribution < -0.4 is 5.73 Å². The van der Waals surface area contributed by atoms with Crippen molar-refractivity contribution in [2.24, 2.45) is 5.73 Å². The summed E-state index contributed by atoms with van der Waals surface area (Å²) >= 11 is 0. The molecule has 1 unspecified atom stereocenters. The van der Waals surface area contributed by atoms with Gasteiger partial charge < -0.3 is 4.74 Å². The molecule has 0 amide bonds. The second kappa shape index (κ2) is 9.30. The van der Waals surface area contributed by atoms with Crippen LogP contribution in [-0.4, -0.2) is 17.5 Å². The van der Waals surface area contributed by atoms with Crippen LogP contribution in [-0.2, 0) is 9.53 Å². The molecule has 0 fully saturated rings.